The third-order valence-electron chi connectivity index (χ3n) is 1.18. The normalized spacial score (nSPS) is 13.5. The Hall–Kier alpha value is -0.160. The molecule has 0 rings (SSSR count). The molecule has 0 aromatic carbocycles. The fraction of sp³-hybridized carbons (Fsp3) is 0.833. The third-order valence-corrected chi connectivity index (χ3v) is 1.18. The van der Waals surface area contributed by atoms with E-state index in [2.05, 4.69) is 0 Å². The number of aliphatic hydroxyl groups excluding tert-OH is 1. The average Bonchev–Trinajstić information content (AvgIpc) is 1.83. The molecule has 3 N–H and O–H groups in total. The number of aliphatic hydroxyl groups is 1. The SMILES string of the molecule is C[N+](C)(C)C(=O)[C@@H](N)CO.[Cl-]. The van der Waals surface area contributed by atoms with Crippen LogP contribution in [-0.2, 0) is 4.79 Å². The Morgan fingerprint density at radius 3 is 2.00 bits per heavy atom. The number of nitrogens with two attached hydrogens (primary N) is 1. The zero-order chi connectivity index (χ0) is 8.36. The van der Waals surface area contributed by atoms with E-state index < -0.39 is 6.04 Å². The molecule has 0 bridgehead atoms. The first-order chi connectivity index (χ1) is 4.39. The van der Waals surface area contributed by atoms with Crippen molar-refractivity contribution in [1.82, 2.24) is 0 Å². The van der Waals surface area contributed by atoms with E-state index >= 15 is 0 Å². The molecule has 0 spiro atoms. The van der Waals surface area contributed by atoms with Crippen molar-refractivity contribution in [2.24, 2.45) is 5.73 Å². The van der Waals surface area contributed by atoms with Gasteiger partial charge in [0.25, 0.3) is 0 Å². The van der Waals surface area contributed by atoms with Crippen LogP contribution in [0.1, 0.15) is 0 Å². The number of likely N-dealkylation sites (N-methyl/N-ethyl adjacent to an activating group) is 1. The minimum atomic E-state index is -0.750. The number of rotatable bonds is 2. The summed E-state index contributed by atoms with van der Waals surface area (Å²) in [5.74, 6) is -0.164. The quantitative estimate of drug-likeness (QED) is 0.424. The lowest BCUT2D eigenvalue weighted by atomic mass is 10.3. The van der Waals surface area contributed by atoms with Crippen LogP contribution in [0.25, 0.3) is 0 Å². The van der Waals surface area contributed by atoms with Crippen molar-refractivity contribution < 1.29 is 26.8 Å². The molecule has 0 aliphatic heterocycles. The van der Waals surface area contributed by atoms with Crippen LogP contribution < -0.4 is 18.1 Å². The molecule has 5 heteroatoms. The minimum absolute atomic E-state index is 0. The van der Waals surface area contributed by atoms with E-state index in [-0.39, 0.29) is 29.4 Å². The summed E-state index contributed by atoms with van der Waals surface area (Å²) in [5.41, 5.74) is 5.29. The maximum absolute atomic E-state index is 11.1. The highest BCUT2D eigenvalue weighted by molar-refractivity contribution is 5.74. The number of hydrogen-bond donors (Lipinski definition) is 2. The Kier molecular flexibility index (Phi) is 5.69. The van der Waals surface area contributed by atoms with Gasteiger partial charge in [-0.3, -0.25) is 4.48 Å². The first-order valence-electron chi connectivity index (χ1n) is 3.12. The van der Waals surface area contributed by atoms with Gasteiger partial charge in [0, 0.05) is 0 Å². The van der Waals surface area contributed by atoms with Crippen molar-refractivity contribution in [2.75, 3.05) is 27.7 Å². The monoisotopic (exact) mass is 182 g/mol. The predicted molar refractivity (Wildman–Crippen MR) is 38.1 cm³/mol. The van der Waals surface area contributed by atoms with Crippen LogP contribution in [0.2, 0.25) is 0 Å². The number of quaternary nitrogens is 1. The Bertz CT molecular complexity index is 133. The van der Waals surface area contributed by atoms with Gasteiger partial charge >= 0.3 is 5.91 Å². The molecule has 68 valence electrons. The molecule has 11 heavy (non-hydrogen) atoms. The Morgan fingerprint density at radius 2 is 1.91 bits per heavy atom. The molecule has 0 radical (unpaired) electrons. The average molecular weight is 183 g/mol. The van der Waals surface area contributed by atoms with Gasteiger partial charge in [0.1, 0.15) is 6.04 Å². The van der Waals surface area contributed by atoms with Crippen LogP contribution in [0.3, 0.4) is 0 Å². The maximum atomic E-state index is 11.1. The molecule has 0 unspecified atom stereocenters. The van der Waals surface area contributed by atoms with Gasteiger partial charge in [-0.1, -0.05) is 0 Å². The van der Waals surface area contributed by atoms with Crippen LogP contribution >= 0.6 is 0 Å². The number of amides is 1. The number of halogens is 1. The van der Waals surface area contributed by atoms with Gasteiger partial charge in [-0.25, -0.2) is 4.79 Å². The van der Waals surface area contributed by atoms with E-state index in [0.29, 0.717) is 0 Å². The lowest BCUT2D eigenvalue weighted by Gasteiger charge is -2.22. The standard InChI is InChI=1S/C6H15N2O2.ClH/c1-8(2,3)6(10)5(7)4-9;/h5,9H,4,7H2,1-3H3;1H/q+1;/p-1/t5-;/m0./s1. The molecule has 0 aromatic rings. The first kappa shape index (κ1) is 13.4. The molecular formula is C6H15ClN2O2. The molecule has 0 heterocycles. The summed E-state index contributed by atoms with van der Waals surface area (Å²) < 4.78 is 0.154. The third kappa shape index (κ3) is 4.31. The summed E-state index contributed by atoms with van der Waals surface area (Å²) in [5, 5.41) is 8.51. The van der Waals surface area contributed by atoms with Crippen molar-refractivity contribution >= 4 is 5.91 Å². The van der Waals surface area contributed by atoms with Gasteiger partial charge in [0.05, 0.1) is 27.7 Å². The molecular weight excluding hydrogens is 168 g/mol. The first-order valence-corrected chi connectivity index (χ1v) is 3.12. The fourth-order valence-electron chi connectivity index (χ4n) is 0.576. The maximum Gasteiger partial charge on any atom is 0.332 e. The smallest absolute Gasteiger partial charge is 0.332 e. The Labute approximate surface area is 73.0 Å². The molecule has 1 atom stereocenters. The van der Waals surface area contributed by atoms with Gasteiger partial charge in [-0.2, -0.15) is 0 Å². The van der Waals surface area contributed by atoms with E-state index in [9.17, 15) is 4.79 Å². The van der Waals surface area contributed by atoms with Crippen LogP contribution in [0.15, 0.2) is 0 Å². The zero-order valence-electron chi connectivity index (χ0n) is 7.04. The van der Waals surface area contributed by atoms with Crippen LogP contribution in [0.5, 0.6) is 0 Å². The molecule has 0 saturated heterocycles. The molecule has 1 amide bonds. The second kappa shape index (κ2) is 4.66. The predicted octanol–water partition coefficient (Wildman–Crippen LogP) is -4.46. The molecule has 0 fully saturated rings. The molecule has 0 aromatic heterocycles. The zero-order valence-corrected chi connectivity index (χ0v) is 7.80. The lowest BCUT2D eigenvalue weighted by Crippen LogP contribution is -3.00. The summed E-state index contributed by atoms with van der Waals surface area (Å²) in [6, 6.07) is -0.750. The lowest BCUT2D eigenvalue weighted by molar-refractivity contribution is -0.792. The van der Waals surface area contributed by atoms with Crippen molar-refractivity contribution in [3.05, 3.63) is 0 Å². The minimum Gasteiger partial charge on any atom is -1.00 e. The highest BCUT2D eigenvalue weighted by Gasteiger charge is 2.26. The van der Waals surface area contributed by atoms with Gasteiger partial charge < -0.3 is 23.2 Å². The van der Waals surface area contributed by atoms with E-state index in [1.165, 1.54) is 0 Å². The number of carbonyl (C=O) groups excluding carboxylic acids is 1. The van der Waals surface area contributed by atoms with Gasteiger partial charge in [-0.05, 0) is 0 Å². The van der Waals surface area contributed by atoms with Gasteiger partial charge in [0.2, 0.25) is 0 Å². The largest absolute Gasteiger partial charge is 1.00 e. The van der Waals surface area contributed by atoms with Crippen LogP contribution in [0, 0.1) is 0 Å². The topological polar surface area (TPSA) is 63.3 Å². The highest BCUT2D eigenvalue weighted by atomic mass is 35.5. The number of nitrogens with zero attached hydrogens (tertiary/aromatic N) is 1. The highest BCUT2D eigenvalue weighted by Crippen LogP contribution is 1.94. The summed E-state index contributed by atoms with van der Waals surface area (Å²) in [6.45, 7) is -0.283. The summed E-state index contributed by atoms with van der Waals surface area (Å²) in [7, 11) is 5.16. The number of carbonyl (C=O) groups is 1. The van der Waals surface area contributed by atoms with Crippen molar-refractivity contribution in [3.63, 3.8) is 0 Å². The molecule has 0 aliphatic rings. The van der Waals surface area contributed by atoms with E-state index in [1.54, 1.807) is 21.1 Å². The fourth-order valence-corrected chi connectivity index (χ4v) is 0.576. The van der Waals surface area contributed by atoms with E-state index in [4.69, 9.17) is 10.8 Å². The molecule has 0 saturated carbocycles. The van der Waals surface area contributed by atoms with E-state index in [0.717, 1.165) is 0 Å². The van der Waals surface area contributed by atoms with Gasteiger partial charge in [-0.15, -0.1) is 0 Å². The van der Waals surface area contributed by atoms with Gasteiger partial charge in [0.15, 0.2) is 0 Å². The van der Waals surface area contributed by atoms with Crippen LogP contribution in [-0.4, -0.2) is 49.3 Å². The van der Waals surface area contributed by atoms with Crippen LogP contribution in [0.4, 0.5) is 0 Å². The van der Waals surface area contributed by atoms with Crippen molar-refractivity contribution in [2.45, 2.75) is 6.04 Å². The Morgan fingerprint density at radius 1 is 1.55 bits per heavy atom. The summed E-state index contributed by atoms with van der Waals surface area (Å²) in [4.78, 5) is 11.1. The van der Waals surface area contributed by atoms with E-state index in [1.807, 2.05) is 0 Å². The summed E-state index contributed by atoms with van der Waals surface area (Å²) >= 11 is 0. The van der Waals surface area contributed by atoms with Crippen molar-refractivity contribution in [1.29, 1.82) is 0 Å². The van der Waals surface area contributed by atoms with Crippen molar-refractivity contribution in [3.8, 4) is 0 Å². The summed E-state index contributed by atoms with van der Waals surface area (Å²) in [6.07, 6.45) is 0. The number of hydrogen-bond acceptors (Lipinski definition) is 3. The second-order valence-electron chi connectivity index (χ2n) is 3.14. The molecule has 0 aliphatic carbocycles. The molecule has 4 nitrogen and oxygen atoms in total. The second-order valence-corrected chi connectivity index (χ2v) is 3.14. The Balaban J connectivity index is 0.